The van der Waals surface area contributed by atoms with E-state index in [4.69, 9.17) is 9.84 Å². The normalized spacial score (nSPS) is 10.5. The standard InChI is InChI=1S/C13H22N2O2/c1-11-6-7-13(12(15-11)10-14-2)17-9-5-3-4-8-16/h6-7,14,16H,3-5,8-10H2,1-2H3. The summed E-state index contributed by atoms with van der Waals surface area (Å²) in [5.41, 5.74) is 1.96. The molecule has 0 aromatic carbocycles. The Morgan fingerprint density at radius 2 is 2.12 bits per heavy atom. The van der Waals surface area contributed by atoms with Gasteiger partial charge in [-0.1, -0.05) is 0 Å². The molecule has 4 nitrogen and oxygen atoms in total. The van der Waals surface area contributed by atoms with Crippen LogP contribution in [0.3, 0.4) is 0 Å². The van der Waals surface area contributed by atoms with Gasteiger partial charge in [0.25, 0.3) is 0 Å². The number of aromatic nitrogens is 1. The molecular formula is C13H22N2O2. The van der Waals surface area contributed by atoms with Crippen molar-refractivity contribution < 1.29 is 9.84 Å². The number of aliphatic hydroxyl groups is 1. The van der Waals surface area contributed by atoms with E-state index < -0.39 is 0 Å². The first-order valence-electron chi connectivity index (χ1n) is 6.12. The molecule has 0 radical (unpaired) electrons. The van der Waals surface area contributed by atoms with Gasteiger partial charge in [-0.05, 0) is 45.4 Å². The smallest absolute Gasteiger partial charge is 0.142 e. The molecular weight excluding hydrogens is 216 g/mol. The van der Waals surface area contributed by atoms with Gasteiger partial charge in [-0.3, -0.25) is 4.98 Å². The largest absolute Gasteiger partial charge is 0.492 e. The maximum Gasteiger partial charge on any atom is 0.142 e. The summed E-state index contributed by atoms with van der Waals surface area (Å²) in [6.07, 6.45) is 2.81. The van der Waals surface area contributed by atoms with Crippen molar-refractivity contribution in [2.24, 2.45) is 0 Å². The predicted octanol–water partition coefficient (Wildman–Crippen LogP) is 1.65. The van der Waals surface area contributed by atoms with Crippen LogP contribution in [-0.4, -0.2) is 30.4 Å². The monoisotopic (exact) mass is 238 g/mol. The Kier molecular flexibility index (Phi) is 6.58. The minimum atomic E-state index is 0.261. The average molecular weight is 238 g/mol. The van der Waals surface area contributed by atoms with Gasteiger partial charge in [0.1, 0.15) is 5.75 Å². The maximum atomic E-state index is 8.67. The number of pyridine rings is 1. The lowest BCUT2D eigenvalue weighted by Crippen LogP contribution is -2.10. The van der Waals surface area contributed by atoms with Crippen LogP contribution in [0, 0.1) is 6.92 Å². The highest BCUT2D eigenvalue weighted by atomic mass is 16.5. The zero-order chi connectivity index (χ0) is 12.5. The number of nitrogens with zero attached hydrogens (tertiary/aromatic N) is 1. The van der Waals surface area contributed by atoms with Crippen LogP contribution >= 0.6 is 0 Å². The number of ether oxygens (including phenoxy) is 1. The van der Waals surface area contributed by atoms with Crippen LogP contribution in [0.1, 0.15) is 30.7 Å². The second kappa shape index (κ2) is 8.03. The van der Waals surface area contributed by atoms with Crippen molar-refractivity contribution in [3.63, 3.8) is 0 Å². The van der Waals surface area contributed by atoms with E-state index in [-0.39, 0.29) is 6.61 Å². The summed E-state index contributed by atoms with van der Waals surface area (Å²) in [4.78, 5) is 4.45. The number of hydrogen-bond acceptors (Lipinski definition) is 4. The van der Waals surface area contributed by atoms with Gasteiger partial charge in [-0.15, -0.1) is 0 Å². The Morgan fingerprint density at radius 3 is 2.82 bits per heavy atom. The number of aryl methyl sites for hydroxylation is 1. The van der Waals surface area contributed by atoms with Crippen LogP contribution in [-0.2, 0) is 6.54 Å². The highest BCUT2D eigenvalue weighted by molar-refractivity contribution is 5.29. The lowest BCUT2D eigenvalue weighted by atomic mass is 10.2. The SMILES string of the molecule is CNCc1nc(C)ccc1OCCCCCO. The maximum absolute atomic E-state index is 8.67. The van der Waals surface area contributed by atoms with E-state index >= 15 is 0 Å². The third-order valence-corrected chi connectivity index (χ3v) is 2.48. The highest BCUT2D eigenvalue weighted by Gasteiger charge is 2.04. The minimum Gasteiger partial charge on any atom is -0.492 e. The fraction of sp³-hybridized carbons (Fsp3) is 0.615. The van der Waals surface area contributed by atoms with Gasteiger partial charge in [-0.2, -0.15) is 0 Å². The van der Waals surface area contributed by atoms with Crippen molar-refractivity contribution in [1.29, 1.82) is 0 Å². The van der Waals surface area contributed by atoms with Crippen LogP contribution in [0.15, 0.2) is 12.1 Å². The van der Waals surface area contributed by atoms with E-state index in [1.165, 1.54) is 0 Å². The van der Waals surface area contributed by atoms with E-state index in [0.717, 1.165) is 36.4 Å². The fourth-order valence-corrected chi connectivity index (χ4v) is 1.60. The predicted molar refractivity (Wildman–Crippen MR) is 68.2 cm³/mol. The molecule has 0 amide bonds. The summed E-state index contributed by atoms with van der Waals surface area (Å²) in [6, 6.07) is 3.93. The lowest BCUT2D eigenvalue weighted by Gasteiger charge is -2.11. The second-order valence-corrected chi connectivity index (χ2v) is 4.06. The number of unbranched alkanes of at least 4 members (excludes halogenated alkanes) is 2. The fourth-order valence-electron chi connectivity index (χ4n) is 1.60. The van der Waals surface area contributed by atoms with Gasteiger partial charge in [0.2, 0.25) is 0 Å². The molecule has 0 atom stereocenters. The average Bonchev–Trinajstić information content (AvgIpc) is 2.32. The summed E-state index contributed by atoms with van der Waals surface area (Å²) < 4.78 is 5.71. The van der Waals surface area contributed by atoms with E-state index in [1.54, 1.807) is 0 Å². The summed E-state index contributed by atoms with van der Waals surface area (Å²) >= 11 is 0. The molecule has 2 N–H and O–H groups in total. The van der Waals surface area contributed by atoms with Crippen molar-refractivity contribution in [3.05, 3.63) is 23.5 Å². The van der Waals surface area contributed by atoms with Gasteiger partial charge in [-0.25, -0.2) is 0 Å². The van der Waals surface area contributed by atoms with Crippen LogP contribution in [0.4, 0.5) is 0 Å². The summed E-state index contributed by atoms with van der Waals surface area (Å²) in [6.45, 7) is 3.64. The quantitative estimate of drug-likeness (QED) is 0.676. The summed E-state index contributed by atoms with van der Waals surface area (Å²) in [5, 5.41) is 11.8. The van der Waals surface area contributed by atoms with Crippen LogP contribution < -0.4 is 10.1 Å². The van der Waals surface area contributed by atoms with E-state index in [1.807, 2.05) is 26.1 Å². The Bertz CT molecular complexity index is 329. The lowest BCUT2D eigenvalue weighted by molar-refractivity contribution is 0.264. The highest BCUT2D eigenvalue weighted by Crippen LogP contribution is 2.17. The number of aliphatic hydroxyl groups excluding tert-OH is 1. The Morgan fingerprint density at radius 1 is 1.29 bits per heavy atom. The summed E-state index contributed by atoms with van der Waals surface area (Å²) in [7, 11) is 1.90. The number of hydrogen-bond donors (Lipinski definition) is 2. The molecule has 1 rings (SSSR count). The van der Waals surface area contributed by atoms with Crippen molar-refractivity contribution in [2.75, 3.05) is 20.3 Å². The molecule has 1 aromatic heterocycles. The van der Waals surface area contributed by atoms with Gasteiger partial charge in [0.05, 0.1) is 12.3 Å². The first kappa shape index (κ1) is 13.9. The molecule has 0 fully saturated rings. The number of rotatable bonds is 8. The Labute approximate surface area is 103 Å². The summed E-state index contributed by atoms with van der Waals surface area (Å²) in [5.74, 6) is 0.856. The van der Waals surface area contributed by atoms with Crippen LogP contribution in [0.2, 0.25) is 0 Å². The molecule has 0 spiro atoms. The molecule has 0 saturated heterocycles. The van der Waals surface area contributed by atoms with Crippen molar-refractivity contribution in [1.82, 2.24) is 10.3 Å². The molecule has 96 valence electrons. The molecule has 0 unspecified atom stereocenters. The van der Waals surface area contributed by atoms with E-state index in [9.17, 15) is 0 Å². The molecule has 1 heterocycles. The van der Waals surface area contributed by atoms with Gasteiger partial charge < -0.3 is 15.2 Å². The van der Waals surface area contributed by atoms with Crippen LogP contribution in [0.5, 0.6) is 5.75 Å². The first-order valence-corrected chi connectivity index (χ1v) is 6.12. The van der Waals surface area contributed by atoms with Crippen molar-refractivity contribution in [2.45, 2.75) is 32.7 Å². The first-order chi connectivity index (χ1) is 8.27. The van der Waals surface area contributed by atoms with E-state index in [0.29, 0.717) is 13.2 Å². The topological polar surface area (TPSA) is 54.4 Å². The second-order valence-electron chi connectivity index (χ2n) is 4.06. The Hall–Kier alpha value is -1.13. The molecule has 0 saturated carbocycles. The van der Waals surface area contributed by atoms with Crippen molar-refractivity contribution >= 4 is 0 Å². The molecule has 4 heteroatoms. The molecule has 17 heavy (non-hydrogen) atoms. The van der Waals surface area contributed by atoms with Gasteiger partial charge in [0.15, 0.2) is 0 Å². The van der Waals surface area contributed by atoms with Gasteiger partial charge >= 0.3 is 0 Å². The third-order valence-electron chi connectivity index (χ3n) is 2.48. The van der Waals surface area contributed by atoms with Gasteiger partial charge in [0, 0.05) is 18.8 Å². The molecule has 1 aromatic rings. The molecule has 0 aliphatic heterocycles. The van der Waals surface area contributed by atoms with Crippen LogP contribution in [0.25, 0.3) is 0 Å². The Balaban J connectivity index is 2.45. The molecule has 0 aliphatic rings. The zero-order valence-electron chi connectivity index (χ0n) is 10.7. The zero-order valence-corrected chi connectivity index (χ0v) is 10.7. The van der Waals surface area contributed by atoms with Crippen molar-refractivity contribution in [3.8, 4) is 5.75 Å². The molecule has 0 aliphatic carbocycles. The molecule has 0 bridgehead atoms. The third kappa shape index (κ3) is 5.15. The number of nitrogens with one attached hydrogen (secondary N) is 1. The van der Waals surface area contributed by atoms with E-state index in [2.05, 4.69) is 10.3 Å². The minimum absolute atomic E-state index is 0.261.